The minimum absolute atomic E-state index is 0.222. The average molecular weight is 281 g/mol. The second kappa shape index (κ2) is 7.60. The van der Waals surface area contributed by atoms with E-state index in [4.69, 9.17) is 9.47 Å². The topological polar surface area (TPSA) is 30.5 Å². The van der Waals surface area contributed by atoms with Crippen LogP contribution in [0.1, 0.15) is 25.3 Å². The minimum Gasteiger partial charge on any atom is -0.492 e. The van der Waals surface area contributed by atoms with Gasteiger partial charge in [0.15, 0.2) is 0 Å². The highest BCUT2D eigenvalue weighted by Crippen LogP contribution is 2.21. The molecule has 0 aliphatic carbocycles. The molecule has 0 aromatic heterocycles. The van der Waals surface area contributed by atoms with Crippen molar-refractivity contribution < 1.29 is 13.9 Å². The summed E-state index contributed by atoms with van der Waals surface area (Å²) in [5.41, 5.74) is 0.835. The fourth-order valence-corrected chi connectivity index (χ4v) is 2.52. The van der Waals surface area contributed by atoms with Gasteiger partial charge in [0.25, 0.3) is 0 Å². The smallest absolute Gasteiger partial charge is 0.123 e. The maximum Gasteiger partial charge on any atom is 0.123 e. The van der Waals surface area contributed by atoms with E-state index in [0.29, 0.717) is 18.6 Å². The first-order valence-electron chi connectivity index (χ1n) is 7.40. The molecule has 3 nitrogen and oxygen atoms in total. The Labute approximate surface area is 120 Å². The van der Waals surface area contributed by atoms with E-state index in [1.165, 1.54) is 12.1 Å². The molecule has 2 atom stereocenters. The first-order valence-corrected chi connectivity index (χ1v) is 7.40. The van der Waals surface area contributed by atoms with E-state index in [-0.39, 0.29) is 5.82 Å². The highest BCUT2D eigenvalue weighted by molar-refractivity contribution is 5.32. The molecule has 0 amide bonds. The van der Waals surface area contributed by atoms with Crippen LogP contribution >= 0.6 is 0 Å². The second-order valence-corrected chi connectivity index (χ2v) is 5.41. The Balaban J connectivity index is 1.93. The molecule has 0 bridgehead atoms. The van der Waals surface area contributed by atoms with E-state index in [2.05, 4.69) is 12.2 Å². The number of halogens is 1. The molecule has 1 heterocycles. The van der Waals surface area contributed by atoms with Crippen molar-refractivity contribution >= 4 is 0 Å². The van der Waals surface area contributed by atoms with E-state index in [0.717, 1.165) is 43.9 Å². The van der Waals surface area contributed by atoms with Gasteiger partial charge in [0.2, 0.25) is 0 Å². The number of benzene rings is 1. The van der Waals surface area contributed by atoms with Crippen molar-refractivity contribution in [3.63, 3.8) is 0 Å². The van der Waals surface area contributed by atoms with Crippen molar-refractivity contribution in [2.45, 2.75) is 32.7 Å². The molecular formula is C16H24FNO2. The van der Waals surface area contributed by atoms with Gasteiger partial charge in [-0.25, -0.2) is 4.39 Å². The molecule has 1 saturated heterocycles. The molecule has 1 N–H and O–H groups in total. The Hall–Kier alpha value is -1.13. The summed E-state index contributed by atoms with van der Waals surface area (Å²) in [6.45, 7) is 7.23. The van der Waals surface area contributed by atoms with Crippen LogP contribution in [0.5, 0.6) is 5.75 Å². The number of hydrogen-bond donors (Lipinski definition) is 1. The van der Waals surface area contributed by atoms with Gasteiger partial charge in [-0.05, 0) is 50.1 Å². The third-order valence-electron chi connectivity index (χ3n) is 3.75. The molecule has 112 valence electrons. The van der Waals surface area contributed by atoms with Crippen molar-refractivity contribution in [3.05, 3.63) is 29.6 Å². The van der Waals surface area contributed by atoms with Crippen LogP contribution < -0.4 is 10.1 Å². The quantitative estimate of drug-likeness (QED) is 0.833. The summed E-state index contributed by atoms with van der Waals surface area (Å²) in [7, 11) is 0. The van der Waals surface area contributed by atoms with E-state index >= 15 is 0 Å². The first-order chi connectivity index (χ1) is 9.70. The molecular weight excluding hydrogens is 257 g/mol. The predicted octanol–water partition coefficient (Wildman–Crippen LogP) is 2.92. The number of ether oxygens (including phenoxy) is 2. The van der Waals surface area contributed by atoms with Gasteiger partial charge in [-0.15, -0.1) is 0 Å². The lowest BCUT2D eigenvalue weighted by Gasteiger charge is -2.24. The highest BCUT2D eigenvalue weighted by atomic mass is 19.1. The van der Waals surface area contributed by atoms with Crippen LogP contribution in [0.3, 0.4) is 0 Å². The number of rotatable bonds is 7. The Morgan fingerprint density at radius 1 is 1.50 bits per heavy atom. The van der Waals surface area contributed by atoms with Gasteiger partial charge in [-0.1, -0.05) is 6.92 Å². The standard InChI is InChI=1S/C16H24FNO2/c1-3-7-18-15(13-6-8-19-10-13)11-20-16-5-4-14(17)9-12(16)2/h4-5,9,13,15,18H,3,6-8,10-11H2,1-2H3. The zero-order valence-electron chi connectivity index (χ0n) is 12.3. The summed E-state index contributed by atoms with van der Waals surface area (Å²) in [4.78, 5) is 0. The molecule has 1 aromatic rings. The van der Waals surface area contributed by atoms with Crippen molar-refractivity contribution in [1.29, 1.82) is 0 Å². The van der Waals surface area contributed by atoms with Crippen LogP contribution in [0.25, 0.3) is 0 Å². The van der Waals surface area contributed by atoms with Crippen LogP contribution in [0, 0.1) is 18.7 Å². The normalized spacial score (nSPS) is 20.1. The molecule has 20 heavy (non-hydrogen) atoms. The fraction of sp³-hybridized carbons (Fsp3) is 0.625. The van der Waals surface area contributed by atoms with Gasteiger partial charge in [-0.2, -0.15) is 0 Å². The lowest BCUT2D eigenvalue weighted by atomic mass is 9.99. The van der Waals surface area contributed by atoms with Gasteiger partial charge in [0, 0.05) is 18.6 Å². The number of nitrogens with one attached hydrogen (secondary N) is 1. The monoisotopic (exact) mass is 281 g/mol. The van der Waals surface area contributed by atoms with Crippen molar-refractivity contribution in [2.75, 3.05) is 26.4 Å². The largest absolute Gasteiger partial charge is 0.492 e. The lowest BCUT2D eigenvalue weighted by Crippen LogP contribution is -2.41. The first kappa shape index (κ1) is 15.3. The lowest BCUT2D eigenvalue weighted by molar-refractivity contribution is 0.160. The molecule has 2 unspecified atom stereocenters. The van der Waals surface area contributed by atoms with Crippen molar-refractivity contribution in [1.82, 2.24) is 5.32 Å². The van der Waals surface area contributed by atoms with Crippen LogP contribution in [0.4, 0.5) is 4.39 Å². The summed E-state index contributed by atoms with van der Waals surface area (Å²) < 4.78 is 24.4. The Morgan fingerprint density at radius 3 is 3.00 bits per heavy atom. The van der Waals surface area contributed by atoms with E-state index in [1.807, 2.05) is 6.92 Å². The maximum absolute atomic E-state index is 13.1. The van der Waals surface area contributed by atoms with Gasteiger partial charge in [0.1, 0.15) is 18.2 Å². The van der Waals surface area contributed by atoms with Crippen LogP contribution in [0.2, 0.25) is 0 Å². The fourth-order valence-electron chi connectivity index (χ4n) is 2.52. The van der Waals surface area contributed by atoms with Gasteiger partial charge >= 0.3 is 0 Å². The molecule has 0 saturated carbocycles. The van der Waals surface area contributed by atoms with E-state index in [9.17, 15) is 4.39 Å². The molecule has 1 fully saturated rings. The molecule has 4 heteroatoms. The molecule has 2 rings (SSSR count). The minimum atomic E-state index is -0.222. The zero-order valence-corrected chi connectivity index (χ0v) is 12.3. The van der Waals surface area contributed by atoms with Gasteiger partial charge in [-0.3, -0.25) is 0 Å². The van der Waals surface area contributed by atoms with Crippen LogP contribution in [-0.4, -0.2) is 32.4 Å². The Morgan fingerprint density at radius 2 is 2.35 bits per heavy atom. The summed E-state index contributed by atoms with van der Waals surface area (Å²) in [5.74, 6) is 1.04. The van der Waals surface area contributed by atoms with Crippen LogP contribution in [-0.2, 0) is 4.74 Å². The third-order valence-corrected chi connectivity index (χ3v) is 3.75. The Kier molecular flexibility index (Phi) is 5.80. The summed E-state index contributed by atoms with van der Waals surface area (Å²) in [5, 5.41) is 3.53. The molecule has 0 spiro atoms. The third kappa shape index (κ3) is 4.18. The van der Waals surface area contributed by atoms with Crippen molar-refractivity contribution in [2.24, 2.45) is 5.92 Å². The highest BCUT2D eigenvalue weighted by Gasteiger charge is 2.25. The Bertz CT molecular complexity index is 419. The van der Waals surface area contributed by atoms with Crippen molar-refractivity contribution in [3.8, 4) is 5.75 Å². The van der Waals surface area contributed by atoms with E-state index in [1.54, 1.807) is 6.07 Å². The summed E-state index contributed by atoms with van der Waals surface area (Å²) in [6, 6.07) is 4.94. The predicted molar refractivity (Wildman–Crippen MR) is 77.6 cm³/mol. The maximum atomic E-state index is 13.1. The summed E-state index contributed by atoms with van der Waals surface area (Å²) >= 11 is 0. The number of aryl methyl sites for hydroxylation is 1. The van der Waals surface area contributed by atoms with Crippen LogP contribution in [0.15, 0.2) is 18.2 Å². The molecule has 0 radical (unpaired) electrons. The van der Waals surface area contributed by atoms with E-state index < -0.39 is 0 Å². The van der Waals surface area contributed by atoms with Gasteiger partial charge in [0.05, 0.1) is 6.61 Å². The number of hydrogen-bond acceptors (Lipinski definition) is 3. The second-order valence-electron chi connectivity index (χ2n) is 5.41. The summed E-state index contributed by atoms with van der Waals surface area (Å²) in [6.07, 6.45) is 2.17. The zero-order chi connectivity index (χ0) is 14.4. The SMILES string of the molecule is CCCNC(COc1ccc(F)cc1C)C1CCOC1. The van der Waals surface area contributed by atoms with Gasteiger partial charge < -0.3 is 14.8 Å². The molecule has 1 aliphatic heterocycles. The molecule has 1 aliphatic rings. The average Bonchev–Trinajstić information content (AvgIpc) is 2.95. The molecule has 1 aromatic carbocycles.